The molecule has 1 N–H and O–H groups in total. The summed E-state index contributed by atoms with van der Waals surface area (Å²) in [5.41, 5.74) is 0.490. The number of ether oxygens (including phenoxy) is 1. The molecule has 0 aliphatic rings. The maximum atomic E-state index is 12.6. The van der Waals surface area contributed by atoms with Gasteiger partial charge in [-0.05, 0) is 53.9 Å². The van der Waals surface area contributed by atoms with Crippen molar-refractivity contribution in [3.05, 3.63) is 60.2 Å². The predicted molar refractivity (Wildman–Crippen MR) is 105 cm³/mol. The fourth-order valence-electron chi connectivity index (χ4n) is 3.15. The Hall–Kier alpha value is -2.59. The van der Waals surface area contributed by atoms with Gasteiger partial charge < -0.3 is 14.7 Å². The van der Waals surface area contributed by atoms with E-state index in [4.69, 9.17) is 4.74 Å². The van der Waals surface area contributed by atoms with E-state index in [1.165, 1.54) is 0 Å². The van der Waals surface area contributed by atoms with E-state index in [2.05, 4.69) is 30.3 Å². The van der Waals surface area contributed by atoms with Gasteiger partial charge in [-0.25, -0.2) is 4.79 Å². The second-order valence-electron chi connectivity index (χ2n) is 7.42. The SMILES string of the molecule is CC(C)(C)OC(=O)N(CCO)Cc1c2ccccc2cc2ccccc12. The maximum Gasteiger partial charge on any atom is 0.410 e. The van der Waals surface area contributed by atoms with Crippen molar-refractivity contribution in [3.63, 3.8) is 0 Å². The zero-order valence-corrected chi connectivity index (χ0v) is 15.5. The Balaban J connectivity index is 2.07. The molecule has 0 bridgehead atoms. The van der Waals surface area contributed by atoms with Crippen molar-refractivity contribution in [2.24, 2.45) is 0 Å². The zero-order valence-electron chi connectivity index (χ0n) is 15.5. The summed E-state index contributed by atoms with van der Waals surface area (Å²) < 4.78 is 5.52. The predicted octanol–water partition coefficient (Wildman–Crippen LogP) is 4.72. The van der Waals surface area contributed by atoms with Gasteiger partial charge in [-0.3, -0.25) is 0 Å². The molecule has 4 nitrogen and oxygen atoms in total. The third-order valence-corrected chi connectivity index (χ3v) is 4.25. The van der Waals surface area contributed by atoms with Gasteiger partial charge >= 0.3 is 6.09 Å². The van der Waals surface area contributed by atoms with E-state index >= 15 is 0 Å². The molecular formula is C22H25NO3. The van der Waals surface area contributed by atoms with Gasteiger partial charge in [0.1, 0.15) is 5.60 Å². The number of hydrogen-bond acceptors (Lipinski definition) is 3. The molecule has 0 aromatic heterocycles. The number of hydrogen-bond donors (Lipinski definition) is 1. The summed E-state index contributed by atoms with van der Waals surface area (Å²) >= 11 is 0. The first kappa shape index (κ1) is 18.2. The molecule has 0 atom stereocenters. The Morgan fingerprint density at radius 2 is 1.54 bits per heavy atom. The van der Waals surface area contributed by atoms with Crippen molar-refractivity contribution in [3.8, 4) is 0 Å². The molecule has 0 radical (unpaired) electrons. The van der Waals surface area contributed by atoms with E-state index in [9.17, 15) is 9.90 Å². The number of rotatable bonds is 4. The fourth-order valence-corrected chi connectivity index (χ4v) is 3.15. The van der Waals surface area contributed by atoms with Crippen LogP contribution in [-0.4, -0.2) is 34.9 Å². The molecule has 3 aromatic carbocycles. The highest BCUT2D eigenvalue weighted by Gasteiger charge is 2.23. The van der Waals surface area contributed by atoms with Crippen molar-refractivity contribution in [2.45, 2.75) is 32.9 Å². The average Bonchev–Trinajstić information content (AvgIpc) is 2.59. The molecule has 4 heteroatoms. The molecule has 0 heterocycles. The van der Waals surface area contributed by atoms with Gasteiger partial charge in [0.15, 0.2) is 0 Å². The number of carbonyl (C=O) groups excluding carboxylic acids is 1. The number of aliphatic hydroxyl groups excluding tert-OH is 1. The molecule has 0 unspecified atom stereocenters. The van der Waals surface area contributed by atoms with Crippen molar-refractivity contribution in [1.82, 2.24) is 4.90 Å². The number of nitrogens with zero attached hydrogens (tertiary/aromatic N) is 1. The average molecular weight is 351 g/mol. The number of carbonyl (C=O) groups is 1. The lowest BCUT2D eigenvalue weighted by molar-refractivity contribution is 0.0203. The Morgan fingerprint density at radius 1 is 1.00 bits per heavy atom. The highest BCUT2D eigenvalue weighted by Crippen LogP contribution is 2.29. The lowest BCUT2D eigenvalue weighted by Gasteiger charge is -2.28. The van der Waals surface area contributed by atoms with E-state index in [1.807, 2.05) is 45.0 Å². The minimum absolute atomic E-state index is 0.109. The Bertz CT molecular complexity index is 873. The normalized spacial score (nSPS) is 11.7. The smallest absolute Gasteiger partial charge is 0.410 e. The number of amides is 1. The van der Waals surface area contributed by atoms with Gasteiger partial charge in [0.2, 0.25) is 0 Å². The van der Waals surface area contributed by atoms with E-state index in [0.29, 0.717) is 6.54 Å². The number of fused-ring (bicyclic) bond motifs is 2. The lowest BCUT2D eigenvalue weighted by atomic mass is 9.96. The summed E-state index contributed by atoms with van der Waals surface area (Å²) in [4.78, 5) is 14.2. The quantitative estimate of drug-likeness (QED) is 0.692. The first-order valence-corrected chi connectivity index (χ1v) is 8.87. The second-order valence-corrected chi connectivity index (χ2v) is 7.42. The molecule has 0 aliphatic carbocycles. The van der Waals surface area contributed by atoms with Crippen molar-refractivity contribution in [2.75, 3.05) is 13.2 Å². The minimum Gasteiger partial charge on any atom is -0.444 e. The van der Waals surface area contributed by atoms with Crippen LogP contribution in [0.3, 0.4) is 0 Å². The topological polar surface area (TPSA) is 49.8 Å². The third kappa shape index (κ3) is 3.97. The maximum absolute atomic E-state index is 12.6. The van der Waals surface area contributed by atoms with Crippen molar-refractivity contribution in [1.29, 1.82) is 0 Å². The van der Waals surface area contributed by atoms with Crippen LogP contribution in [0.25, 0.3) is 21.5 Å². The minimum atomic E-state index is -0.578. The molecule has 136 valence electrons. The largest absolute Gasteiger partial charge is 0.444 e. The highest BCUT2D eigenvalue weighted by molar-refractivity contribution is 6.02. The molecule has 1 amide bonds. The summed E-state index contributed by atoms with van der Waals surface area (Å²) in [5.74, 6) is 0. The van der Waals surface area contributed by atoms with Crippen LogP contribution in [0.2, 0.25) is 0 Å². The molecule has 0 aliphatic heterocycles. The third-order valence-electron chi connectivity index (χ3n) is 4.25. The van der Waals surface area contributed by atoms with Gasteiger partial charge in [0.25, 0.3) is 0 Å². The van der Waals surface area contributed by atoms with Gasteiger partial charge in [0.05, 0.1) is 13.2 Å². The molecule has 0 saturated carbocycles. The molecule has 3 aromatic rings. The highest BCUT2D eigenvalue weighted by atomic mass is 16.6. The van der Waals surface area contributed by atoms with Crippen LogP contribution in [-0.2, 0) is 11.3 Å². The Kier molecular flexibility index (Phi) is 5.14. The van der Waals surface area contributed by atoms with E-state index in [0.717, 1.165) is 27.1 Å². The van der Waals surface area contributed by atoms with Crippen LogP contribution in [0.4, 0.5) is 4.79 Å². The molecular weight excluding hydrogens is 326 g/mol. The van der Waals surface area contributed by atoms with Gasteiger partial charge in [-0.1, -0.05) is 48.5 Å². The first-order chi connectivity index (χ1) is 12.4. The van der Waals surface area contributed by atoms with Crippen LogP contribution in [0.5, 0.6) is 0 Å². The second kappa shape index (κ2) is 7.34. The summed E-state index contributed by atoms with van der Waals surface area (Å²) in [6.07, 6.45) is -0.413. The van der Waals surface area contributed by atoms with Crippen molar-refractivity contribution >= 4 is 27.6 Å². The van der Waals surface area contributed by atoms with Gasteiger partial charge in [-0.15, -0.1) is 0 Å². The van der Waals surface area contributed by atoms with Crippen LogP contribution in [0, 0.1) is 0 Å². The molecule has 0 saturated heterocycles. The van der Waals surface area contributed by atoms with E-state index in [1.54, 1.807) is 4.90 Å². The number of aliphatic hydroxyl groups is 1. The summed E-state index contributed by atoms with van der Waals surface area (Å²) in [6.45, 7) is 6.03. The van der Waals surface area contributed by atoms with E-state index < -0.39 is 11.7 Å². The van der Waals surface area contributed by atoms with Crippen molar-refractivity contribution < 1.29 is 14.6 Å². The monoisotopic (exact) mass is 351 g/mol. The van der Waals surface area contributed by atoms with Crippen LogP contribution in [0.1, 0.15) is 26.3 Å². The molecule has 0 spiro atoms. The molecule has 26 heavy (non-hydrogen) atoms. The Labute approximate surface area is 154 Å². The van der Waals surface area contributed by atoms with Crippen LogP contribution < -0.4 is 0 Å². The summed E-state index contributed by atoms with van der Waals surface area (Å²) in [6, 6.07) is 18.5. The van der Waals surface area contributed by atoms with Crippen LogP contribution in [0.15, 0.2) is 54.6 Å². The van der Waals surface area contributed by atoms with Gasteiger partial charge in [0, 0.05) is 6.54 Å². The Morgan fingerprint density at radius 3 is 2.04 bits per heavy atom. The molecule has 0 fully saturated rings. The summed E-state index contributed by atoms with van der Waals surface area (Å²) in [5, 5.41) is 13.9. The fraction of sp³-hybridized carbons (Fsp3) is 0.318. The van der Waals surface area contributed by atoms with Crippen LogP contribution >= 0.6 is 0 Å². The lowest BCUT2D eigenvalue weighted by Crippen LogP contribution is -2.38. The summed E-state index contributed by atoms with van der Waals surface area (Å²) in [7, 11) is 0. The van der Waals surface area contributed by atoms with Gasteiger partial charge in [-0.2, -0.15) is 0 Å². The number of benzene rings is 3. The zero-order chi connectivity index (χ0) is 18.7. The molecule has 3 rings (SSSR count). The first-order valence-electron chi connectivity index (χ1n) is 8.87. The van der Waals surface area contributed by atoms with E-state index in [-0.39, 0.29) is 13.2 Å². The standard InChI is InChI=1S/C22H25NO3/c1-22(2,3)26-21(25)23(12-13-24)15-20-18-10-6-4-8-16(18)14-17-9-5-7-11-19(17)20/h4-11,14,24H,12-13,15H2,1-3H3.